The van der Waals surface area contributed by atoms with Crippen molar-refractivity contribution in [3.8, 4) is 0 Å². The van der Waals surface area contributed by atoms with E-state index in [1.54, 1.807) is 17.4 Å². The van der Waals surface area contributed by atoms with Gasteiger partial charge in [-0.3, -0.25) is 4.79 Å². The number of aryl methyl sites for hydroxylation is 1. The highest BCUT2D eigenvalue weighted by atomic mass is 35.5. The first-order chi connectivity index (χ1) is 9.58. The van der Waals surface area contributed by atoms with Gasteiger partial charge in [0.05, 0.1) is 5.92 Å². The third kappa shape index (κ3) is 4.09. The summed E-state index contributed by atoms with van der Waals surface area (Å²) in [6.07, 6.45) is 2.08. The number of aliphatic carboxylic acids is 1. The standard InChI is InChI=1S/C16H17ClO2S/c1-2-14-6-7-15(20-14)10-12(16(18)19)8-11-4-3-5-13(17)9-11/h3-7,9,12H,2,8,10H2,1H3,(H,18,19). The third-order valence-electron chi connectivity index (χ3n) is 3.23. The van der Waals surface area contributed by atoms with Gasteiger partial charge < -0.3 is 5.11 Å². The first-order valence-corrected chi connectivity index (χ1v) is 7.82. The number of carbonyl (C=O) groups is 1. The van der Waals surface area contributed by atoms with E-state index in [0.717, 1.165) is 16.9 Å². The van der Waals surface area contributed by atoms with Gasteiger partial charge in [-0.2, -0.15) is 0 Å². The molecule has 1 aromatic carbocycles. The fourth-order valence-electron chi connectivity index (χ4n) is 2.16. The molecule has 2 rings (SSSR count). The van der Waals surface area contributed by atoms with Gasteiger partial charge in [0.25, 0.3) is 0 Å². The van der Waals surface area contributed by atoms with E-state index in [2.05, 4.69) is 13.0 Å². The van der Waals surface area contributed by atoms with E-state index in [4.69, 9.17) is 11.6 Å². The SMILES string of the molecule is CCc1ccc(CC(Cc2cccc(Cl)c2)C(=O)O)s1. The van der Waals surface area contributed by atoms with Crippen molar-refractivity contribution in [1.29, 1.82) is 0 Å². The number of rotatable bonds is 6. The second-order valence-corrected chi connectivity index (χ2v) is 6.48. The number of halogens is 1. The first-order valence-electron chi connectivity index (χ1n) is 6.63. The summed E-state index contributed by atoms with van der Waals surface area (Å²) in [5.41, 5.74) is 0.970. The number of hydrogen-bond donors (Lipinski definition) is 1. The normalized spacial score (nSPS) is 12.3. The molecule has 1 N–H and O–H groups in total. The van der Waals surface area contributed by atoms with Crippen molar-refractivity contribution in [2.45, 2.75) is 26.2 Å². The van der Waals surface area contributed by atoms with E-state index >= 15 is 0 Å². The summed E-state index contributed by atoms with van der Waals surface area (Å²) >= 11 is 7.65. The van der Waals surface area contributed by atoms with Crippen molar-refractivity contribution >= 4 is 28.9 Å². The van der Waals surface area contributed by atoms with E-state index in [1.807, 2.05) is 24.3 Å². The molecule has 1 heterocycles. The molecule has 0 amide bonds. The largest absolute Gasteiger partial charge is 0.481 e. The Morgan fingerprint density at radius 1 is 1.25 bits per heavy atom. The van der Waals surface area contributed by atoms with E-state index in [0.29, 0.717) is 17.9 Å². The molecule has 0 fully saturated rings. The van der Waals surface area contributed by atoms with Crippen molar-refractivity contribution in [2.75, 3.05) is 0 Å². The highest BCUT2D eigenvalue weighted by molar-refractivity contribution is 7.12. The monoisotopic (exact) mass is 308 g/mol. The van der Waals surface area contributed by atoms with Crippen LogP contribution in [0.4, 0.5) is 0 Å². The highest BCUT2D eigenvalue weighted by Crippen LogP contribution is 2.23. The average molecular weight is 309 g/mol. The molecular formula is C16H17ClO2S. The van der Waals surface area contributed by atoms with Crippen LogP contribution in [0.2, 0.25) is 5.02 Å². The Balaban J connectivity index is 2.09. The molecule has 0 saturated carbocycles. The van der Waals surface area contributed by atoms with Gasteiger partial charge in [0.15, 0.2) is 0 Å². The molecule has 0 aliphatic rings. The molecule has 2 nitrogen and oxygen atoms in total. The Labute approximate surface area is 128 Å². The Bertz CT molecular complexity index is 592. The van der Waals surface area contributed by atoms with Crippen molar-refractivity contribution in [2.24, 2.45) is 5.92 Å². The zero-order chi connectivity index (χ0) is 14.5. The molecule has 0 spiro atoms. The minimum atomic E-state index is -0.753. The molecule has 0 radical (unpaired) electrons. The molecule has 0 bridgehead atoms. The summed E-state index contributed by atoms with van der Waals surface area (Å²) in [5, 5.41) is 10.0. The molecular weight excluding hydrogens is 292 g/mol. The zero-order valence-corrected chi connectivity index (χ0v) is 12.9. The topological polar surface area (TPSA) is 37.3 Å². The predicted molar refractivity (Wildman–Crippen MR) is 83.7 cm³/mol. The smallest absolute Gasteiger partial charge is 0.307 e. The van der Waals surface area contributed by atoms with Crippen molar-refractivity contribution < 1.29 is 9.90 Å². The molecule has 1 atom stereocenters. The van der Waals surface area contributed by atoms with E-state index in [9.17, 15) is 9.90 Å². The molecule has 0 saturated heterocycles. The van der Waals surface area contributed by atoms with Crippen LogP contribution in [0, 0.1) is 5.92 Å². The van der Waals surface area contributed by atoms with Gasteiger partial charge in [-0.1, -0.05) is 30.7 Å². The number of carboxylic acid groups (broad SMARTS) is 1. The van der Waals surface area contributed by atoms with Crippen LogP contribution in [0.15, 0.2) is 36.4 Å². The van der Waals surface area contributed by atoms with Gasteiger partial charge in [0.2, 0.25) is 0 Å². The second kappa shape index (κ2) is 6.91. The number of carboxylic acids is 1. The van der Waals surface area contributed by atoms with Crippen LogP contribution in [0.3, 0.4) is 0 Å². The molecule has 20 heavy (non-hydrogen) atoms. The summed E-state index contributed by atoms with van der Waals surface area (Å²) < 4.78 is 0. The Kier molecular flexibility index (Phi) is 5.21. The molecule has 2 aromatic rings. The number of benzene rings is 1. The van der Waals surface area contributed by atoms with Crippen LogP contribution < -0.4 is 0 Å². The second-order valence-electron chi connectivity index (χ2n) is 4.79. The Hall–Kier alpha value is -1.32. The lowest BCUT2D eigenvalue weighted by Gasteiger charge is -2.11. The van der Waals surface area contributed by atoms with Crippen LogP contribution in [0.1, 0.15) is 22.2 Å². The molecule has 0 aliphatic carbocycles. The maximum atomic E-state index is 11.4. The van der Waals surface area contributed by atoms with Crippen molar-refractivity contribution in [1.82, 2.24) is 0 Å². The summed E-state index contributed by atoms with van der Waals surface area (Å²) in [7, 11) is 0. The van der Waals surface area contributed by atoms with Gasteiger partial charge in [-0.15, -0.1) is 11.3 Å². The van der Waals surface area contributed by atoms with Crippen LogP contribution in [0.5, 0.6) is 0 Å². The van der Waals surface area contributed by atoms with Crippen LogP contribution >= 0.6 is 22.9 Å². The average Bonchev–Trinajstić information content (AvgIpc) is 2.85. The van der Waals surface area contributed by atoms with Gasteiger partial charge >= 0.3 is 5.97 Å². The predicted octanol–water partition coefficient (Wildman–Crippen LogP) is 4.45. The third-order valence-corrected chi connectivity index (χ3v) is 4.72. The fourth-order valence-corrected chi connectivity index (χ4v) is 3.41. The lowest BCUT2D eigenvalue weighted by atomic mass is 9.95. The van der Waals surface area contributed by atoms with Crippen molar-refractivity contribution in [3.05, 3.63) is 56.7 Å². The minimum Gasteiger partial charge on any atom is -0.481 e. The maximum absolute atomic E-state index is 11.4. The van der Waals surface area contributed by atoms with Crippen LogP contribution in [-0.4, -0.2) is 11.1 Å². The number of hydrogen-bond acceptors (Lipinski definition) is 2. The quantitative estimate of drug-likeness (QED) is 0.856. The molecule has 1 unspecified atom stereocenters. The lowest BCUT2D eigenvalue weighted by molar-refractivity contribution is -0.141. The van der Waals surface area contributed by atoms with Gasteiger partial charge in [0.1, 0.15) is 0 Å². The molecule has 0 aliphatic heterocycles. The maximum Gasteiger partial charge on any atom is 0.307 e. The Morgan fingerprint density at radius 2 is 2.00 bits per heavy atom. The lowest BCUT2D eigenvalue weighted by Crippen LogP contribution is -2.18. The fraction of sp³-hybridized carbons (Fsp3) is 0.312. The summed E-state index contributed by atoms with van der Waals surface area (Å²) in [5.74, 6) is -1.16. The van der Waals surface area contributed by atoms with Gasteiger partial charge in [-0.05, 0) is 49.1 Å². The Morgan fingerprint density at radius 3 is 2.60 bits per heavy atom. The summed E-state index contributed by atoms with van der Waals surface area (Å²) in [6.45, 7) is 2.11. The van der Waals surface area contributed by atoms with E-state index in [-0.39, 0.29) is 0 Å². The number of thiophene rings is 1. The molecule has 106 valence electrons. The first kappa shape index (κ1) is 15.1. The van der Waals surface area contributed by atoms with Gasteiger partial charge in [0, 0.05) is 14.8 Å². The van der Waals surface area contributed by atoms with Crippen LogP contribution in [-0.2, 0) is 24.1 Å². The molecule has 4 heteroatoms. The van der Waals surface area contributed by atoms with E-state index in [1.165, 1.54) is 4.88 Å². The van der Waals surface area contributed by atoms with Crippen LogP contribution in [0.25, 0.3) is 0 Å². The minimum absolute atomic E-state index is 0.406. The van der Waals surface area contributed by atoms with Crippen molar-refractivity contribution in [3.63, 3.8) is 0 Å². The van der Waals surface area contributed by atoms with E-state index < -0.39 is 11.9 Å². The van der Waals surface area contributed by atoms with Gasteiger partial charge in [-0.25, -0.2) is 0 Å². The summed E-state index contributed by atoms with van der Waals surface area (Å²) in [6, 6.07) is 11.5. The zero-order valence-electron chi connectivity index (χ0n) is 11.3. The highest BCUT2D eigenvalue weighted by Gasteiger charge is 2.19. The molecule has 1 aromatic heterocycles. The summed E-state index contributed by atoms with van der Waals surface area (Å²) in [4.78, 5) is 13.9.